The van der Waals surface area contributed by atoms with Crippen LogP contribution in [0.2, 0.25) is 0 Å². The van der Waals surface area contributed by atoms with Gasteiger partial charge in [0.25, 0.3) is 0 Å². The van der Waals surface area contributed by atoms with Crippen molar-refractivity contribution in [1.29, 1.82) is 0 Å². The lowest BCUT2D eigenvalue weighted by molar-refractivity contribution is -0.0892. The summed E-state index contributed by atoms with van der Waals surface area (Å²) >= 11 is 0. The van der Waals surface area contributed by atoms with Crippen molar-refractivity contribution in [1.82, 2.24) is 0 Å². The van der Waals surface area contributed by atoms with E-state index in [9.17, 15) is 10.2 Å². The van der Waals surface area contributed by atoms with Gasteiger partial charge in [0.2, 0.25) is 0 Å². The number of rotatable bonds is 2. The van der Waals surface area contributed by atoms with E-state index in [0.29, 0.717) is 29.1 Å². The zero-order valence-corrected chi connectivity index (χ0v) is 24.2. The highest BCUT2D eigenvalue weighted by atomic mass is 16.3. The Morgan fingerprint density at radius 3 is 1.22 bits per heavy atom. The molecule has 192 valence electrons. The summed E-state index contributed by atoms with van der Waals surface area (Å²) in [7, 11) is 0. The van der Waals surface area contributed by atoms with Gasteiger partial charge >= 0.3 is 0 Å². The van der Waals surface area contributed by atoms with E-state index in [1.807, 2.05) is 0 Å². The van der Waals surface area contributed by atoms with E-state index < -0.39 is 0 Å². The highest BCUT2D eigenvalue weighted by Crippen LogP contribution is 2.51. The maximum Gasteiger partial charge on any atom is 0.0606 e. The van der Waals surface area contributed by atoms with Gasteiger partial charge in [-0.2, -0.15) is 0 Å². The van der Waals surface area contributed by atoms with Crippen LogP contribution < -0.4 is 0 Å². The van der Waals surface area contributed by atoms with E-state index in [1.54, 1.807) is 0 Å². The topological polar surface area (TPSA) is 40.5 Å². The van der Waals surface area contributed by atoms with Crippen LogP contribution in [0.25, 0.3) is 0 Å². The molecule has 0 radical (unpaired) electrons. The predicted molar refractivity (Wildman–Crippen MR) is 141 cm³/mol. The summed E-state index contributed by atoms with van der Waals surface area (Å²) in [6.07, 6.45) is 6.61. The molecule has 0 spiro atoms. The summed E-state index contributed by atoms with van der Waals surface area (Å²) in [6, 6.07) is 0. The third-order valence-electron chi connectivity index (χ3n) is 7.93. The van der Waals surface area contributed by atoms with Crippen LogP contribution in [0.5, 0.6) is 0 Å². The molecule has 2 heteroatoms. The highest BCUT2D eigenvalue weighted by Gasteiger charge is 2.47. The zero-order valence-electron chi connectivity index (χ0n) is 24.2. The maximum atomic E-state index is 11.2. The van der Waals surface area contributed by atoms with Crippen molar-refractivity contribution in [3.63, 3.8) is 0 Å². The van der Waals surface area contributed by atoms with Crippen molar-refractivity contribution in [2.24, 2.45) is 51.2 Å². The second-order valence-electron chi connectivity index (χ2n) is 16.2. The van der Waals surface area contributed by atoms with Crippen LogP contribution >= 0.6 is 0 Å². The Morgan fingerprint density at radius 2 is 0.875 bits per heavy atom. The number of hydrogen-bond donors (Lipinski definition) is 2. The van der Waals surface area contributed by atoms with Crippen molar-refractivity contribution in [3.8, 4) is 0 Å². The average Bonchev–Trinajstić information content (AvgIpc) is 2.53. The molecule has 0 bridgehead atoms. The molecular formula is C30H60O2. The molecule has 32 heavy (non-hydrogen) atoms. The molecule has 0 aromatic heterocycles. The van der Waals surface area contributed by atoms with Gasteiger partial charge in [-0.05, 0) is 89.8 Å². The molecule has 2 rings (SSSR count). The first-order valence-electron chi connectivity index (χ1n) is 13.5. The van der Waals surface area contributed by atoms with E-state index in [0.717, 1.165) is 25.2 Å². The zero-order chi connectivity index (χ0) is 25.3. The fraction of sp³-hybridized carbons (Fsp3) is 1.00. The van der Waals surface area contributed by atoms with Crippen LogP contribution in [-0.2, 0) is 0 Å². The van der Waals surface area contributed by atoms with Crippen LogP contribution in [-0.4, -0.2) is 22.4 Å². The lowest BCUT2D eigenvalue weighted by Crippen LogP contribution is -2.48. The van der Waals surface area contributed by atoms with Crippen LogP contribution in [0.3, 0.4) is 0 Å². The monoisotopic (exact) mass is 452 g/mol. The summed E-state index contributed by atoms with van der Waals surface area (Å²) in [5, 5.41) is 21.7. The molecule has 2 N–H and O–H groups in total. The van der Waals surface area contributed by atoms with Crippen molar-refractivity contribution in [3.05, 3.63) is 0 Å². The van der Waals surface area contributed by atoms with Crippen molar-refractivity contribution < 1.29 is 10.2 Å². The molecule has 0 saturated heterocycles. The number of hydrogen-bond acceptors (Lipinski definition) is 2. The van der Waals surface area contributed by atoms with Gasteiger partial charge in [0.1, 0.15) is 0 Å². The normalized spacial score (nSPS) is 35.2. The molecular weight excluding hydrogens is 392 g/mol. The molecule has 2 fully saturated rings. The van der Waals surface area contributed by atoms with E-state index in [1.165, 1.54) is 19.3 Å². The van der Waals surface area contributed by atoms with Crippen LogP contribution in [0, 0.1) is 51.2 Å². The Kier molecular flexibility index (Phi) is 9.99. The predicted octanol–water partition coefficient (Wildman–Crippen LogP) is 8.35. The van der Waals surface area contributed by atoms with E-state index in [-0.39, 0.29) is 28.5 Å². The fourth-order valence-corrected chi connectivity index (χ4v) is 6.16. The van der Waals surface area contributed by atoms with Crippen molar-refractivity contribution in [2.75, 3.05) is 0 Å². The Balaban J connectivity index is 0.000000920. The van der Waals surface area contributed by atoms with Gasteiger partial charge in [-0.15, -0.1) is 0 Å². The second kappa shape index (κ2) is 10.7. The van der Waals surface area contributed by atoms with Gasteiger partial charge in [-0.3, -0.25) is 0 Å². The van der Waals surface area contributed by atoms with E-state index >= 15 is 0 Å². The van der Waals surface area contributed by atoms with Gasteiger partial charge in [0, 0.05) is 0 Å². The summed E-state index contributed by atoms with van der Waals surface area (Å²) in [6.45, 7) is 29.4. The first-order chi connectivity index (χ1) is 14.1. The minimum atomic E-state index is -0.184. The Labute approximate surface area is 202 Å². The lowest BCUT2D eigenvalue weighted by atomic mass is 9.57. The Morgan fingerprint density at radius 1 is 0.531 bits per heavy atom. The van der Waals surface area contributed by atoms with Gasteiger partial charge in [0.05, 0.1) is 12.2 Å². The molecule has 0 aromatic rings. The molecule has 2 aliphatic rings. The third-order valence-corrected chi connectivity index (χ3v) is 7.93. The van der Waals surface area contributed by atoms with Gasteiger partial charge < -0.3 is 10.2 Å². The molecule has 0 aliphatic heterocycles. The molecule has 5 unspecified atom stereocenters. The fourth-order valence-electron chi connectivity index (χ4n) is 6.16. The minimum absolute atomic E-state index is 0.126. The standard InChI is InChI=1S/C25H48O2.C5H12/c1-23(2,3)18-13-16(10-11-21(18)26)12-17-14-19(24(4,5)6)22(27)20(15-17)25(7,8)9;1-5(2,3)4/h16-22,26-27H,10-15H2,1-9H3;1-4H3. The first-order valence-corrected chi connectivity index (χ1v) is 13.5. The SMILES string of the molecule is CC(C)(C)C.CC(C)(C)C1CC(CC2CC(C(C)(C)C)C(O)C(C(C)(C)C)C2)CCC1O. The molecule has 2 saturated carbocycles. The Bertz CT molecular complexity index is 521. The van der Waals surface area contributed by atoms with Crippen molar-refractivity contribution in [2.45, 2.75) is 141 Å². The second-order valence-corrected chi connectivity index (χ2v) is 16.2. The van der Waals surface area contributed by atoms with Crippen LogP contribution in [0.1, 0.15) is 129 Å². The van der Waals surface area contributed by atoms with E-state index in [2.05, 4.69) is 90.0 Å². The van der Waals surface area contributed by atoms with Crippen molar-refractivity contribution >= 4 is 0 Å². The molecule has 5 atom stereocenters. The van der Waals surface area contributed by atoms with Gasteiger partial charge in [-0.25, -0.2) is 0 Å². The largest absolute Gasteiger partial charge is 0.393 e. The summed E-state index contributed by atoms with van der Waals surface area (Å²) in [5.74, 6) is 2.63. The lowest BCUT2D eigenvalue weighted by Gasteiger charge is -2.50. The van der Waals surface area contributed by atoms with Gasteiger partial charge in [-0.1, -0.05) is 90.0 Å². The van der Waals surface area contributed by atoms with Gasteiger partial charge in [0.15, 0.2) is 0 Å². The molecule has 2 aliphatic carbocycles. The number of aliphatic hydroxyl groups is 2. The molecule has 0 aromatic carbocycles. The minimum Gasteiger partial charge on any atom is -0.393 e. The summed E-state index contributed by atoms with van der Waals surface area (Å²) in [4.78, 5) is 0. The molecule has 0 heterocycles. The Hall–Kier alpha value is -0.0800. The maximum absolute atomic E-state index is 11.2. The molecule has 0 amide bonds. The first kappa shape index (κ1) is 30.0. The summed E-state index contributed by atoms with van der Waals surface area (Å²) in [5.41, 5.74) is 0.985. The average molecular weight is 453 g/mol. The smallest absolute Gasteiger partial charge is 0.0606 e. The van der Waals surface area contributed by atoms with E-state index in [4.69, 9.17) is 0 Å². The summed E-state index contributed by atoms with van der Waals surface area (Å²) < 4.78 is 0. The van der Waals surface area contributed by atoms with Crippen LogP contribution in [0.15, 0.2) is 0 Å². The third kappa shape index (κ3) is 9.65. The van der Waals surface area contributed by atoms with Crippen LogP contribution in [0.4, 0.5) is 0 Å². The molecule has 2 nitrogen and oxygen atoms in total. The number of aliphatic hydroxyl groups excluding tert-OH is 2. The highest BCUT2D eigenvalue weighted by molar-refractivity contribution is 4.96. The quantitative estimate of drug-likeness (QED) is 0.442.